The number of hydrogen-bond donors (Lipinski definition) is 1. The van der Waals surface area contributed by atoms with Gasteiger partial charge in [0.1, 0.15) is 11.8 Å². The number of fused-ring (bicyclic) bond motifs is 1. The molecule has 1 N–H and O–H groups in total. The third-order valence-electron chi connectivity index (χ3n) is 1.99. The van der Waals surface area contributed by atoms with Gasteiger partial charge in [0, 0.05) is 6.07 Å². The molecule has 7 heteroatoms. The Hall–Kier alpha value is -2.75. The second-order valence-corrected chi connectivity index (χ2v) is 2.98. The van der Waals surface area contributed by atoms with E-state index in [1.807, 2.05) is 6.07 Å². The number of pyridine rings is 2. The predicted molar refractivity (Wildman–Crippen MR) is 53.7 cm³/mol. The van der Waals surface area contributed by atoms with Crippen molar-refractivity contribution in [2.24, 2.45) is 0 Å². The highest BCUT2D eigenvalue weighted by Crippen LogP contribution is 2.12. The third kappa shape index (κ3) is 1.48. The van der Waals surface area contributed by atoms with Crippen molar-refractivity contribution in [3.05, 3.63) is 44.4 Å². The second-order valence-electron chi connectivity index (χ2n) is 2.98. The van der Waals surface area contributed by atoms with Gasteiger partial charge in [0.05, 0.1) is 16.0 Å². The maximum Gasteiger partial charge on any atom is 0.336 e. The van der Waals surface area contributed by atoms with E-state index in [0.29, 0.717) is 5.52 Å². The van der Waals surface area contributed by atoms with E-state index in [1.54, 1.807) is 0 Å². The molecule has 0 atom stereocenters. The SMILES string of the molecule is N#Cc1ccc2[nH]c(=O)c([N+](=O)[O-])cc2n1. The van der Waals surface area contributed by atoms with E-state index < -0.39 is 16.2 Å². The lowest BCUT2D eigenvalue weighted by atomic mass is 10.2. The fraction of sp³-hybridized carbons (Fsp3) is 0. The molecule has 0 aliphatic heterocycles. The molecule has 0 fully saturated rings. The number of nitrogens with zero attached hydrogens (tertiary/aromatic N) is 3. The summed E-state index contributed by atoms with van der Waals surface area (Å²) in [7, 11) is 0. The quantitative estimate of drug-likeness (QED) is 0.556. The number of hydrogen-bond acceptors (Lipinski definition) is 5. The number of rotatable bonds is 1. The molecule has 0 unspecified atom stereocenters. The highest BCUT2D eigenvalue weighted by atomic mass is 16.6. The molecular weight excluding hydrogens is 212 g/mol. The number of nitriles is 1. The number of nitro groups is 1. The highest BCUT2D eigenvalue weighted by molar-refractivity contribution is 5.76. The van der Waals surface area contributed by atoms with Crippen molar-refractivity contribution in [1.82, 2.24) is 9.97 Å². The van der Waals surface area contributed by atoms with Crippen molar-refractivity contribution in [1.29, 1.82) is 5.26 Å². The van der Waals surface area contributed by atoms with E-state index in [2.05, 4.69) is 9.97 Å². The lowest BCUT2D eigenvalue weighted by Crippen LogP contribution is -2.11. The first-order chi connectivity index (χ1) is 7.61. The van der Waals surface area contributed by atoms with Gasteiger partial charge in [0.15, 0.2) is 0 Å². The Labute approximate surface area is 88.1 Å². The van der Waals surface area contributed by atoms with Gasteiger partial charge in [0.2, 0.25) is 0 Å². The van der Waals surface area contributed by atoms with Crippen LogP contribution in [-0.4, -0.2) is 14.9 Å². The monoisotopic (exact) mass is 216 g/mol. The van der Waals surface area contributed by atoms with Crippen LogP contribution in [0.1, 0.15) is 5.69 Å². The molecule has 0 aromatic carbocycles. The number of aromatic amines is 1. The topological polar surface area (TPSA) is 113 Å². The van der Waals surface area contributed by atoms with Crippen LogP contribution < -0.4 is 5.56 Å². The van der Waals surface area contributed by atoms with Crippen LogP contribution in [-0.2, 0) is 0 Å². The number of aromatic nitrogens is 2. The van der Waals surface area contributed by atoms with Crippen LogP contribution in [0.15, 0.2) is 23.0 Å². The van der Waals surface area contributed by atoms with Crippen molar-refractivity contribution >= 4 is 16.7 Å². The van der Waals surface area contributed by atoms with Crippen LogP contribution in [0.2, 0.25) is 0 Å². The Bertz CT molecular complexity index is 683. The zero-order valence-electron chi connectivity index (χ0n) is 7.80. The lowest BCUT2D eigenvalue weighted by molar-refractivity contribution is -0.386. The number of H-pyrrole nitrogens is 1. The molecule has 0 spiro atoms. The van der Waals surface area contributed by atoms with Crippen molar-refractivity contribution < 1.29 is 4.92 Å². The van der Waals surface area contributed by atoms with E-state index >= 15 is 0 Å². The van der Waals surface area contributed by atoms with Gasteiger partial charge in [-0.05, 0) is 12.1 Å². The summed E-state index contributed by atoms with van der Waals surface area (Å²) < 4.78 is 0. The zero-order chi connectivity index (χ0) is 11.7. The minimum absolute atomic E-state index is 0.133. The summed E-state index contributed by atoms with van der Waals surface area (Å²) in [5.41, 5.74) is -0.673. The molecule has 0 amide bonds. The molecule has 0 aliphatic carbocycles. The Balaban J connectivity index is 2.82. The molecule has 0 saturated carbocycles. The smallest absolute Gasteiger partial charge is 0.315 e. The molecular formula is C9H4N4O3. The summed E-state index contributed by atoms with van der Waals surface area (Å²) in [4.78, 5) is 27.1. The first kappa shape index (κ1) is 9.79. The molecule has 7 nitrogen and oxygen atoms in total. The Morgan fingerprint density at radius 3 is 2.88 bits per heavy atom. The normalized spacial score (nSPS) is 9.94. The van der Waals surface area contributed by atoms with E-state index in [-0.39, 0.29) is 11.2 Å². The van der Waals surface area contributed by atoms with Gasteiger partial charge < -0.3 is 4.98 Å². The highest BCUT2D eigenvalue weighted by Gasteiger charge is 2.13. The van der Waals surface area contributed by atoms with E-state index in [0.717, 1.165) is 6.07 Å². The van der Waals surface area contributed by atoms with E-state index in [1.165, 1.54) is 12.1 Å². The standard InChI is InChI=1S/C9H4N4O3/c10-4-5-1-2-6-7(11-5)3-8(13(15)16)9(14)12-6/h1-3H,(H,12,14). The third-order valence-corrected chi connectivity index (χ3v) is 1.99. The van der Waals surface area contributed by atoms with E-state index in [4.69, 9.17) is 5.26 Å². The van der Waals surface area contributed by atoms with Gasteiger partial charge in [-0.2, -0.15) is 5.26 Å². The maximum atomic E-state index is 11.2. The second kappa shape index (κ2) is 3.43. The predicted octanol–water partition coefficient (Wildman–Crippen LogP) is 0.703. The average molecular weight is 216 g/mol. The Morgan fingerprint density at radius 1 is 1.50 bits per heavy atom. The van der Waals surface area contributed by atoms with Crippen LogP contribution in [0.25, 0.3) is 11.0 Å². The minimum atomic E-state index is -0.793. The first-order valence-corrected chi connectivity index (χ1v) is 4.20. The molecule has 2 rings (SSSR count). The first-order valence-electron chi connectivity index (χ1n) is 4.20. The van der Waals surface area contributed by atoms with Gasteiger partial charge >= 0.3 is 11.2 Å². The van der Waals surface area contributed by atoms with Crippen molar-refractivity contribution in [2.75, 3.05) is 0 Å². The van der Waals surface area contributed by atoms with Gasteiger partial charge in [-0.25, -0.2) is 4.98 Å². The molecule has 2 heterocycles. The van der Waals surface area contributed by atoms with Gasteiger partial charge in [-0.15, -0.1) is 0 Å². The van der Waals surface area contributed by atoms with Gasteiger partial charge in [-0.3, -0.25) is 14.9 Å². The summed E-state index contributed by atoms with van der Waals surface area (Å²) in [6.45, 7) is 0. The molecule has 0 aliphatic rings. The van der Waals surface area contributed by atoms with Crippen molar-refractivity contribution in [3.8, 4) is 6.07 Å². The maximum absolute atomic E-state index is 11.2. The number of nitrogens with one attached hydrogen (secondary N) is 1. The van der Waals surface area contributed by atoms with Crippen LogP contribution >= 0.6 is 0 Å². The molecule has 0 radical (unpaired) electrons. The van der Waals surface area contributed by atoms with Crippen LogP contribution in [0.5, 0.6) is 0 Å². The molecule has 0 saturated heterocycles. The molecule has 78 valence electrons. The summed E-state index contributed by atoms with van der Waals surface area (Å²) in [6.07, 6.45) is 0. The summed E-state index contributed by atoms with van der Waals surface area (Å²) in [5.74, 6) is 0. The largest absolute Gasteiger partial charge is 0.336 e. The van der Waals surface area contributed by atoms with Crippen molar-refractivity contribution in [3.63, 3.8) is 0 Å². The lowest BCUT2D eigenvalue weighted by Gasteiger charge is -1.97. The average Bonchev–Trinajstić information content (AvgIpc) is 2.27. The van der Waals surface area contributed by atoms with Crippen molar-refractivity contribution in [2.45, 2.75) is 0 Å². The molecule has 16 heavy (non-hydrogen) atoms. The summed E-state index contributed by atoms with van der Waals surface area (Å²) in [5, 5.41) is 19.1. The minimum Gasteiger partial charge on any atom is -0.315 e. The van der Waals surface area contributed by atoms with Gasteiger partial charge in [0.25, 0.3) is 0 Å². The van der Waals surface area contributed by atoms with E-state index in [9.17, 15) is 14.9 Å². The molecule has 2 aromatic heterocycles. The molecule has 0 bridgehead atoms. The Kier molecular flexibility index (Phi) is 2.10. The zero-order valence-corrected chi connectivity index (χ0v) is 7.80. The fourth-order valence-corrected chi connectivity index (χ4v) is 1.27. The summed E-state index contributed by atoms with van der Waals surface area (Å²) in [6, 6.07) is 5.76. The molecule has 2 aromatic rings. The van der Waals surface area contributed by atoms with Gasteiger partial charge in [-0.1, -0.05) is 0 Å². The van der Waals surface area contributed by atoms with Crippen LogP contribution in [0.3, 0.4) is 0 Å². The summed E-state index contributed by atoms with van der Waals surface area (Å²) >= 11 is 0. The Morgan fingerprint density at radius 2 is 2.25 bits per heavy atom. The fourth-order valence-electron chi connectivity index (χ4n) is 1.27. The van der Waals surface area contributed by atoms with Crippen LogP contribution in [0, 0.1) is 21.4 Å². The van der Waals surface area contributed by atoms with Crippen LogP contribution in [0.4, 0.5) is 5.69 Å².